The van der Waals surface area contributed by atoms with E-state index in [0.29, 0.717) is 43.3 Å². The van der Waals surface area contributed by atoms with Gasteiger partial charge < -0.3 is 19.9 Å². The van der Waals surface area contributed by atoms with Gasteiger partial charge in [0.25, 0.3) is 17.4 Å². The molecule has 11 nitrogen and oxygen atoms in total. The summed E-state index contributed by atoms with van der Waals surface area (Å²) in [7, 11) is 0. The van der Waals surface area contributed by atoms with Gasteiger partial charge in [0.05, 0.1) is 25.1 Å². The van der Waals surface area contributed by atoms with Crippen molar-refractivity contribution in [2.24, 2.45) is 5.41 Å². The minimum atomic E-state index is -0.390. The summed E-state index contributed by atoms with van der Waals surface area (Å²) in [5, 5.41) is 7.46. The number of carbonyl (C=O) groups excluding carboxylic acids is 2. The maximum Gasteiger partial charge on any atom is 0.274 e. The normalized spacial score (nSPS) is 16.2. The van der Waals surface area contributed by atoms with Gasteiger partial charge in [0.1, 0.15) is 11.4 Å². The van der Waals surface area contributed by atoms with Crippen molar-refractivity contribution in [2.45, 2.75) is 60.4 Å². The van der Waals surface area contributed by atoms with Crippen LogP contribution in [0.15, 0.2) is 47.2 Å². The molecule has 228 valence electrons. The monoisotopic (exact) mass is 579 g/mol. The third-order valence-corrected chi connectivity index (χ3v) is 7.29. The summed E-state index contributed by atoms with van der Waals surface area (Å²) < 4.78 is 7.14. The second-order valence-electron chi connectivity index (χ2n) is 13.2. The van der Waals surface area contributed by atoms with E-state index in [2.05, 4.69) is 47.3 Å². The third-order valence-electron chi connectivity index (χ3n) is 7.29. The van der Waals surface area contributed by atoms with Crippen molar-refractivity contribution in [3.05, 3.63) is 69.4 Å². The van der Waals surface area contributed by atoms with E-state index in [1.54, 1.807) is 34.0 Å². The van der Waals surface area contributed by atoms with Crippen molar-refractivity contribution in [3.8, 4) is 0 Å². The lowest BCUT2D eigenvalue weighted by Crippen LogP contribution is -2.40. The Morgan fingerprint density at radius 1 is 1.00 bits per heavy atom. The standard InChI is InChI=1S/C31H45N7O4/c1-21-8-9-22(16-26(21)38-19-25(34-35-38)28(40)32-20-30(2,3)4)27(39)33-24-17-23(31(5,6)7)18-37(29(24)41)11-10-36-12-14-42-15-13-36/h8-9,16-19,34-35H,10-15,20H2,1-7H3,(H,32,40)(H,33,39). The van der Waals surface area contributed by atoms with E-state index in [1.165, 1.54) is 0 Å². The van der Waals surface area contributed by atoms with Crippen LogP contribution in [0.1, 0.15) is 63.0 Å². The van der Waals surface area contributed by atoms with Gasteiger partial charge in [-0.3, -0.25) is 29.7 Å². The smallest absolute Gasteiger partial charge is 0.274 e. The summed E-state index contributed by atoms with van der Waals surface area (Å²) in [4.78, 5) is 41.8. The highest BCUT2D eigenvalue weighted by atomic mass is 16.5. The zero-order chi connectivity index (χ0) is 30.7. The second kappa shape index (κ2) is 12.7. The molecule has 4 N–H and O–H groups in total. The molecule has 1 fully saturated rings. The number of hydrazine groups is 2. The van der Waals surface area contributed by atoms with Crippen LogP contribution in [0, 0.1) is 12.3 Å². The number of anilines is 2. The van der Waals surface area contributed by atoms with Gasteiger partial charge in [0.2, 0.25) is 0 Å². The fraction of sp³-hybridized carbons (Fsp3) is 0.516. The lowest BCUT2D eigenvalue weighted by molar-refractivity contribution is -0.118. The van der Waals surface area contributed by atoms with Crippen LogP contribution in [0.5, 0.6) is 0 Å². The van der Waals surface area contributed by atoms with Crippen LogP contribution in [-0.4, -0.2) is 60.7 Å². The molecule has 1 saturated heterocycles. The number of hydrogen-bond acceptors (Lipinski definition) is 8. The van der Waals surface area contributed by atoms with Crippen LogP contribution in [0.3, 0.4) is 0 Å². The van der Waals surface area contributed by atoms with Crippen molar-refractivity contribution in [3.63, 3.8) is 0 Å². The molecule has 0 atom stereocenters. The summed E-state index contributed by atoms with van der Waals surface area (Å²) in [5.41, 5.74) is 8.91. The first-order chi connectivity index (χ1) is 19.7. The molecular formula is C31H45N7O4. The summed E-state index contributed by atoms with van der Waals surface area (Å²) in [6, 6.07) is 7.07. The number of pyridine rings is 1. The van der Waals surface area contributed by atoms with Gasteiger partial charge in [-0.15, -0.1) is 5.53 Å². The molecule has 0 spiro atoms. The number of aryl methyl sites for hydroxylation is 1. The van der Waals surface area contributed by atoms with Crippen molar-refractivity contribution >= 4 is 23.2 Å². The number of nitrogens with one attached hydrogen (secondary N) is 4. The minimum absolute atomic E-state index is 0.0431. The predicted octanol–water partition coefficient (Wildman–Crippen LogP) is 2.87. The van der Waals surface area contributed by atoms with Crippen molar-refractivity contribution < 1.29 is 14.3 Å². The molecule has 42 heavy (non-hydrogen) atoms. The van der Waals surface area contributed by atoms with E-state index in [4.69, 9.17) is 4.74 Å². The fourth-order valence-corrected chi connectivity index (χ4v) is 4.58. The van der Waals surface area contributed by atoms with Crippen LogP contribution < -0.4 is 32.2 Å². The highest BCUT2D eigenvalue weighted by Gasteiger charge is 2.23. The molecule has 3 heterocycles. The molecule has 0 radical (unpaired) electrons. The zero-order valence-electron chi connectivity index (χ0n) is 25.9. The summed E-state index contributed by atoms with van der Waals surface area (Å²) in [6.07, 6.45) is 3.55. The van der Waals surface area contributed by atoms with E-state index < -0.39 is 5.91 Å². The topological polar surface area (TPSA) is 120 Å². The van der Waals surface area contributed by atoms with Crippen molar-refractivity contribution in [1.82, 2.24) is 25.7 Å². The van der Waals surface area contributed by atoms with Crippen LogP contribution in [0.4, 0.5) is 11.4 Å². The van der Waals surface area contributed by atoms with Gasteiger partial charge >= 0.3 is 0 Å². The lowest BCUT2D eigenvalue weighted by atomic mass is 9.88. The first-order valence-electron chi connectivity index (χ1n) is 14.5. The van der Waals surface area contributed by atoms with E-state index in [0.717, 1.165) is 30.8 Å². The Hall–Kier alpha value is -3.67. The van der Waals surface area contributed by atoms with E-state index in [1.807, 2.05) is 40.0 Å². The molecule has 0 aliphatic carbocycles. The van der Waals surface area contributed by atoms with Crippen LogP contribution in [-0.2, 0) is 21.5 Å². The molecule has 1 aromatic carbocycles. The summed E-state index contributed by atoms with van der Waals surface area (Å²) in [5.74, 6) is -0.617. The average Bonchev–Trinajstić information content (AvgIpc) is 3.42. The number of morpholine rings is 1. The minimum Gasteiger partial charge on any atom is -0.379 e. The molecule has 0 saturated carbocycles. The molecule has 2 aliphatic rings. The van der Waals surface area contributed by atoms with Crippen LogP contribution in [0.2, 0.25) is 0 Å². The molecule has 0 bridgehead atoms. The Morgan fingerprint density at radius 2 is 1.71 bits per heavy atom. The third kappa shape index (κ3) is 7.99. The molecule has 4 rings (SSSR count). The molecule has 0 unspecified atom stereocenters. The molecule has 1 aromatic heterocycles. The largest absolute Gasteiger partial charge is 0.379 e. The Balaban J connectivity index is 1.53. The second-order valence-corrected chi connectivity index (χ2v) is 13.2. The summed E-state index contributed by atoms with van der Waals surface area (Å²) >= 11 is 0. The number of aromatic nitrogens is 1. The number of rotatable bonds is 8. The van der Waals surface area contributed by atoms with Crippen molar-refractivity contribution in [2.75, 3.05) is 49.7 Å². The van der Waals surface area contributed by atoms with E-state index in [-0.39, 0.29) is 28.0 Å². The van der Waals surface area contributed by atoms with Gasteiger partial charge in [0, 0.05) is 44.5 Å². The SMILES string of the molecule is Cc1ccc(C(=O)Nc2cc(C(C)(C)C)cn(CCN3CCOCC3)c2=O)cc1N1C=C(C(=O)NCC(C)(C)C)NN1. The highest BCUT2D eigenvalue weighted by molar-refractivity contribution is 6.05. The molecule has 2 aliphatic heterocycles. The average molecular weight is 580 g/mol. The van der Waals surface area contributed by atoms with E-state index >= 15 is 0 Å². The van der Waals surface area contributed by atoms with Gasteiger partial charge in [-0.25, -0.2) is 0 Å². The zero-order valence-corrected chi connectivity index (χ0v) is 25.9. The lowest BCUT2D eigenvalue weighted by Gasteiger charge is -2.27. The Bertz CT molecular complexity index is 1400. The number of nitrogens with zero attached hydrogens (tertiary/aromatic N) is 3. The van der Waals surface area contributed by atoms with Gasteiger partial charge in [-0.05, 0) is 47.1 Å². The summed E-state index contributed by atoms with van der Waals surface area (Å²) in [6.45, 7) is 19.2. The number of carbonyl (C=O) groups is 2. The van der Waals surface area contributed by atoms with Crippen molar-refractivity contribution in [1.29, 1.82) is 0 Å². The molecule has 2 aromatic rings. The Morgan fingerprint density at radius 3 is 2.38 bits per heavy atom. The maximum atomic E-state index is 13.5. The Labute approximate surface area is 248 Å². The van der Waals surface area contributed by atoms with Gasteiger partial charge in [-0.1, -0.05) is 47.6 Å². The van der Waals surface area contributed by atoms with E-state index in [9.17, 15) is 14.4 Å². The molecule has 11 heteroatoms. The number of amides is 2. The van der Waals surface area contributed by atoms with Gasteiger partial charge in [-0.2, -0.15) is 0 Å². The van der Waals surface area contributed by atoms with Gasteiger partial charge in [0.15, 0.2) is 0 Å². The number of ether oxygens (including phenoxy) is 1. The van der Waals surface area contributed by atoms with Crippen LogP contribution in [0.25, 0.3) is 0 Å². The maximum absolute atomic E-state index is 13.5. The first kappa shape index (κ1) is 31.3. The first-order valence-corrected chi connectivity index (χ1v) is 14.5. The quantitative estimate of drug-likeness (QED) is 0.377. The fourth-order valence-electron chi connectivity index (χ4n) is 4.58. The number of hydrogen-bond donors (Lipinski definition) is 4. The predicted molar refractivity (Wildman–Crippen MR) is 165 cm³/mol. The number of benzene rings is 1. The molecule has 2 amide bonds. The highest BCUT2D eigenvalue weighted by Crippen LogP contribution is 2.25. The molecular weight excluding hydrogens is 534 g/mol. The Kier molecular flexibility index (Phi) is 9.44. The van der Waals surface area contributed by atoms with Crippen LogP contribution >= 0.6 is 0 Å².